The Morgan fingerprint density at radius 3 is 2.48 bits per heavy atom. The fourth-order valence-electron chi connectivity index (χ4n) is 4.36. The lowest BCUT2D eigenvalue weighted by molar-refractivity contribution is -0.129. The number of benzene rings is 2. The van der Waals surface area contributed by atoms with E-state index in [-0.39, 0.29) is 11.7 Å². The highest BCUT2D eigenvalue weighted by molar-refractivity contribution is 6.22. The van der Waals surface area contributed by atoms with Crippen LogP contribution in [0.15, 0.2) is 66.4 Å². The number of ketones is 1. The molecule has 2 aliphatic rings. The zero-order valence-electron chi connectivity index (χ0n) is 18.4. The van der Waals surface area contributed by atoms with Gasteiger partial charge < -0.3 is 19.6 Å². The lowest BCUT2D eigenvalue weighted by Crippen LogP contribution is -2.40. The predicted molar refractivity (Wildman–Crippen MR) is 124 cm³/mol. The van der Waals surface area contributed by atoms with Crippen LogP contribution >= 0.6 is 0 Å². The van der Waals surface area contributed by atoms with Gasteiger partial charge in [0.1, 0.15) is 18.1 Å². The van der Waals surface area contributed by atoms with E-state index in [1.807, 2.05) is 65.6 Å². The normalized spacial score (nSPS) is 19.0. The minimum absolute atomic E-state index is 0.211. The molecule has 1 saturated heterocycles. The number of para-hydroxylation sites is 1. The number of likely N-dealkylation sites (N-methyl/N-ethyl adjacent to an activating group) is 1. The van der Waals surface area contributed by atoms with Crippen molar-refractivity contribution in [1.82, 2.24) is 14.8 Å². The summed E-state index contributed by atoms with van der Waals surface area (Å²) >= 11 is 0. The van der Waals surface area contributed by atoms with E-state index >= 15 is 0 Å². The molecule has 2 aromatic carbocycles. The number of aromatic nitrogens is 1. The number of nitrogens with zero attached hydrogens (tertiary/aromatic N) is 3. The molecule has 3 aromatic rings. The van der Waals surface area contributed by atoms with Crippen molar-refractivity contribution in [1.29, 1.82) is 0 Å². The van der Waals surface area contributed by atoms with Gasteiger partial charge in [-0.15, -0.1) is 0 Å². The Morgan fingerprint density at radius 2 is 1.73 bits per heavy atom. The zero-order chi connectivity index (χ0) is 22.9. The van der Waals surface area contributed by atoms with Gasteiger partial charge in [0.25, 0.3) is 5.91 Å². The minimum Gasteiger partial charge on any atom is -0.487 e. The second kappa shape index (κ2) is 8.67. The van der Waals surface area contributed by atoms with E-state index in [0.717, 1.165) is 16.6 Å². The third kappa shape index (κ3) is 4.07. The number of hydrogen-bond acceptors (Lipinski definition) is 6. The van der Waals surface area contributed by atoms with Crippen molar-refractivity contribution in [3.8, 4) is 5.75 Å². The predicted octanol–water partition coefficient (Wildman–Crippen LogP) is 2.98. The standard InChI is InChI=1S/C26H25N3O4/c1-28-25(31)23(24(26(28)32)29-14-12-20(30)13-15-29)18-7-10-21(11-8-18)33-16-19-9-6-17-4-2-3-5-22(17)27-19/h2-11,26,32H,12-16H2,1H3. The number of carbonyl (C=O) groups is 2. The smallest absolute Gasteiger partial charge is 0.258 e. The van der Waals surface area contributed by atoms with Gasteiger partial charge in [0, 0.05) is 38.4 Å². The molecular weight excluding hydrogens is 418 g/mol. The number of hydrogen-bond donors (Lipinski definition) is 1. The van der Waals surface area contributed by atoms with E-state index in [9.17, 15) is 14.7 Å². The topological polar surface area (TPSA) is 83.0 Å². The number of ether oxygens (including phenoxy) is 1. The van der Waals surface area contributed by atoms with E-state index < -0.39 is 6.23 Å². The van der Waals surface area contributed by atoms with Crippen molar-refractivity contribution in [2.75, 3.05) is 20.1 Å². The third-order valence-electron chi connectivity index (χ3n) is 6.25. The van der Waals surface area contributed by atoms with Crippen LogP contribution in [0.3, 0.4) is 0 Å². The van der Waals surface area contributed by atoms with E-state index in [0.29, 0.717) is 55.1 Å². The van der Waals surface area contributed by atoms with Crippen LogP contribution in [0.5, 0.6) is 5.75 Å². The number of carbonyl (C=O) groups excluding carboxylic acids is 2. The van der Waals surface area contributed by atoms with Crippen molar-refractivity contribution in [2.24, 2.45) is 0 Å². The molecule has 7 heteroatoms. The quantitative estimate of drug-likeness (QED) is 0.653. The maximum atomic E-state index is 12.9. The maximum Gasteiger partial charge on any atom is 0.258 e. The molecule has 1 N–H and O–H groups in total. The van der Waals surface area contributed by atoms with Gasteiger partial charge in [-0.25, -0.2) is 4.98 Å². The summed E-state index contributed by atoms with van der Waals surface area (Å²) < 4.78 is 5.91. The molecule has 1 atom stereocenters. The molecule has 5 rings (SSSR count). The summed E-state index contributed by atoms with van der Waals surface area (Å²) in [4.78, 5) is 32.5. The summed E-state index contributed by atoms with van der Waals surface area (Å²) in [5.41, 5.74) is 3.52. The minimum atomic E-state index is -1.02. The number of amides is 1. The Hall–Kier alpha value is -3.71. The van der Waals surface area contributed by atoms with Crippen LogP contribution < -0.4 is 4.74 Å². The van der Waals surface area contributed by atoms with Gasteiger partial charge >= 0.3 is 0 Å². The number of fused-ring (bicyclic) bond motifs is 1. The first-order valence-corrected chi connectivity index (χ1v) is 11.1. The molecule has 3 heterocycles. The highest BCUT2D eigenvalue weighted by Crippen LogP contribution is 2.35. The van der Waals surface area contributed by atoms with E-state index in [1.54, 1.807) is 7.05 Å². The van der Waals surface area contributed by atoms with E-state index in [1.165, 1.54) is 4.90 Å². The number of aliphatic hydroxyl groups excluding tert-OH is 1. The van der Waals surface area contributed by atoms with E-state index in [4.69, 9.17) is 4.74 Å². The number of pyridine rings is 1. The third-order valence-corrected chi connectivity index (χ3v) is 6.25. The van der Waals surface area contributed by atoms with Crippen LogP contribution in [0.1, 0.15) is 24.1 Å². The van der Waals surface area contributed by atoms with Gasteiger partial charge in [-0.3, -0.25) is 9.59 Å². The molecule has 0 saturated carbocycles. The van der Waals surface area contributed by atoms with Gasteiger partial charge in [-0.2, -0.15) is 0 Å². The summed E-state index contributed by atoms with van der Waals surface area (Å²) in [6.07, 6.45) is -0.163. The number of Topliss-reactive ketones (excluding diaryl/α,β-unsaturated/α-hetero) is 1. The molecule has 0 spiro atoms. The Morgan fingerprint density at radius 1 is 1.00 bits per heavy atom. The fourth-order valence-corrected chi connectivity index (χ4v) is 4.36. The molecule has 1 unspecified atom stereocenters. The highest BCUT2D eigenvalue weighted by Gasteiger charge is 2.40. The van der Waals surface area contributed by atoms with Crippen LogP contribution in [-0.4, -0.2) is 57.9 Å². The average molecular weight is 444 g/mol. The Labute approximate surface area is 191 Å². The molecule has 0 aliphatic carbocycles. The van der Waals surface area contributed by atoms with Crippen LogP contribution in [-0.2, 0) is 16.2 Å². The second-order valence-corrected chi connectivity index (χ2v) is 8.38. The Balaban J connectivity index is 1.35. The van der Waals surface area contributed by atoms with Crippen molar-refractivity contribution < 1.29 is 19.4 Å². The summed E-state index contributed by atoms with van der Waals surface area (Å²) in [6, 6.07) is 19.2. The van der Waals surface area contributed by atoms with Crippen LogP contribution in [0.4, 0.5) is 0 Å². The fraction of sp³-hybridized carbons (Fsp3) is 0.269. The summed E-state index contributed by atoms with van der Waals surface area (Å²) in [5, 5.41) is 11.8. The molecule has 1 fully saturated rings. The van der Waals surface area contributed by atoms with Crippen molar-refractivity contribution >= 4 is 28.2 Å². The molecule has 0 radical (unpaired) electrons. The van der Waals surface area contributed by atoms with Gasteiger partial charge in [0.2, 0.25) is 0 Å². The zero-order valence-corrected chi connectivity index (χ0v) is 18.4. The maximum absolute atomic E-state index is 12.9. The number of aliphatic hydroxyl groups is 1. The first-order chi connectivity index (χ1) is 16.0. The largest absolute Gasteiger partial charge is 0.487 e. The monoisotopic (exact) mass is 443 g/mol. The lowest BCUT2D eigenvalue weighted by Gasteiger charge is -2.32. The molecule has 7 nitrogen and oxygen atoms in total. The summed E-state index contributed by atoms with van der Waals surface area (Å²) in [6.45, 7) is 1.35. The summed E-state index contributed by atoms with van der Waals surface area (Å²) in [7, 11) is 1.59. The highest BCUT2D eigenvalue weighted by atomic mass is 16.5. The van der Waals surface area contributed by atoms with Gasteiger partial charge in [-0.05, 0) is 29.8 Å². The van der Waals surface area contributed by atoms with Gasteiger partial charge in [0.05, 0.1) is 22.5 Å². The van der Waals surface area contributed by atoms with Crippen molar-refractivity contribution in [3.05, 3.63) is 77.6 Å². The second-order valence-electron chi connectivity index (χ2n) is 8.38. The molecule has 168 valence electrons. The van der Waals surface area contributed by atoms with Crippen molar-refractivity contribution in [2.45, 2.75) is 25.7 Å². The first-order valence-electron chi connectivity index (χ1n) is 11.1. The Kier molecular flexibility index (Phi) is 5.56. The molecule has 33 heavy (non-hydrogen) atoms. The SMILES string of the molecule is CN1C(=O)C(c2ccc(OCc3ccc4ccccc4n3)cc2)=C(N2CCC(=O)CC2)C1O. The molecule has 0 bridgehead atoms. The van der Waals surface area contributed by atoms with Crippen LogP contribution in [0, 0.1) is 0 Å². The molecular formula is C26H25N3O4. The number of rotatable bonds is 5. The average Bonchev–Trinajstić information content (AvgIpc) is 3.07. The van der Waals surface area contributed by atoms with Crippen molar-refractivity contribution in [3.63, 3.8) is 0 Å². The number of likely N-dealkylation sites (tertiary alicyclic amines) is 1. The van der Waals surface area contributed by atoms with Crippen LogP contribution in [0.2, 0.25) is 0 Å². The first kappa shape index (κ1) is 21.2. The lowest BCUT2D eigenvalue weighted by atomic mass is 10.0. The van der Waals surface area contributed by atoms with Crippen LogP contribution in [0.25, 0.3) is 16.5 Å². The summed E-state index contributed by atoms with van der Waals surface area (Å²) in [5.74, 6) is 0.644. The molecule has 2 aliphatic heterocycles. The molecule has 1 aromatic heterocycles. The van der Waals surface area contributed by atoms with Gasteiger partial charge in [-0.1, -0.05) is 36.4 Å². The number of piperidine rings is 1. The van der Waals surface area contributed by atoms with E-state index in [2.05, 4.69) is 4.98 Å². The molecule has 1 amide bonds. The van der Waals surface area contributed by atoms with Gasteiger partial charge in [0.15, 0.2) is 6.23 Å². The Bertz CT molecular complexity index is 1240.